The molecule has 0 aromatic carbocycles. The molecule has 26 heavy (non-hydrogen) atoms. The number of ether oxygens (including phenoxy) is 1. The highest BCUT2D eigenvalue weighted by molar-refractivity contribution is 14.0. The molecule has 2 saturated carbocycles. The fourth-order valence-electron chi connectivity index (χ4n) is 5.25. The molecule has 2 aliphatic heterocycles. The van der Waals surface area contributed by atoms with Crippen LogP contribution in [-0.4, -0.2) is 57.2 Å². The Hall–Kier alpha value is -0.0900. The van der Waals surface area contributed by atoms with Crippen LogP contribution >= 0.6 is 24.0 Å². The van der Waals surface area contributed by atoms with Gasteiger partial charge in [0.1, 0.15) is 0 Å². The highest BCUT2D eigenvalue weighted by atomic mass is 127. The molecule has 2 aliphatic carbocycles. The number of halogens is 1. The van der Waals surface area contributed by atoms with E-state index in [0.29, 0.717) is 41.8 Å². The number of guanidine groups is 1. The third-order valence-corrected chi connectivity index (χ3v) is 8.43. The molecular formula is C18H32IN3O3S. The molecule has 8 heteroatoms. The molecule has 4 unspecified atom stereocenters. The molecule has 2 heterocycles. The molecule has 2 saturated heterocycles. The summed E-state index contributed by atoms with van der Waals surface area (Å²) in [7, 11) is -2.83. The standard InChI is InChI=1S/C18H31N3O3S.HI/c1-12(2)20-17(19-10-13-5-9-25(22,23)11-13)21-15-14-4-8-24-16(14)18(15)6-3-7-18;/h12-16H,3-11H2,1-2H3,(H2,19,20,21);1H. The number of hydrogen-bond donors (Lipinski definition) is 2. The van der Waals surface area contributed by atoms with Gasteiger partial charge in [0.2, 0.25) is 0 Å². The zero-order valence-electron chi connectivity index (χ0n) is 15.7. The van der Waals surface area contributed by atoms with E-state index in [4.69, 9.17) is 9.73 Å². The highest BCUT2D eigenvalue weighted by Gasteiger charge is 2.66. The number of hydrogen-bond acceptors (Lipinski definition) is 4. The van der Waals surface area contributed by atoms with Gasteiger partial charge in [-0.2, -0.15) is 0 Å². The summed E-state index contributed by atoms with van der Waals surface area (Å²) in [5.74, 6) is 2.22. The van der Waals surface area contributed by atoms with Gasteiger partial charge < -0.3 is 15.4 Å². The Morgan fingerprint density at radius 2 is 2.08 bits per heavy atom. The van der Waals surface area contributed by atoms with E-state index < -0.39 is 9.84 Å². The van der Waals surface area contributed by atoms with Crippen molar-refractivity contribution in [2.75, 3.05) is 24.7 Å². The summed E-state index contributed by atoms with van der Waals surface area (Å²) < 4.78 is 29.3. The van der Waals surface area contributed by atoms with Crippen molar-refractivity contribution in [3.63, 3.8) is 0 Å². The van der Waals surface area contributed by atoms with Crippen molar-refractivity contribution in [1.29, 1.82) is 0 Å². The summed E-state index contributed by atoms with van der Waals surface area (Å²) in [4.78, 5) is 4.76. The minimum absolute atomic E-state index is 0. The van der Waals surface area contributed by atoms with Crippen LogP contribution in [0.5, 0.6) is 0 Å². The van der Waals surface area contributed by atoms with Crippen LogP contribution in [0.1, 0.15) is 46.0 Å². The Bertz CT molecular complexity index is 648. The molecule has 4 fully saturated rings. The van der Waals surface area contributed by atoms with Crippen molar-refractivity contribution >= 4 is 39.8 Å². The van der Waals surface area contributed by atoms with Crippen LogP contribution in [0.3, 0.4) is 0 Å². The molecule has 0 amide bonds. The first kappa shape index (κ1) is 20.6. The third-order valence-electron chi connectivity index (χ3n) is 6.59. The zero-order valence-corrected chi connectivity index (χ0v) is 18.9. The van der Waals surface area contributed by atoms with Gasteiger partial charge in [-0.1, -0.05) is 6.42 Å². The van der Waals surface area contributed by atoms with Gasteiger partial charge in [0.25, 0.3) is 0 Å². The lowest BCUT2D eigenvalue weighted by molar-refractivity contribution is -0.171. The minimum atomic E-state index is -2.83. The maximum absolute atomic E-state index is 11.7. The topological polar surface area (TPSA) is 79.8 Å². The molecule has 1 spiro atoms. The first-order valence-electron chi connectivity index (χ1n) is 9.79. The van der Waals surface area contributed by atoms with Gasteiger partial charge in [0.05, 0.1) is 17.6 Å². The monoisotopic (exact) mass is 497 g/mol. The Balaban J connectivity index is 0.00000196. The minimum Gasteiger partial charge on any atom is -0.377 e. The maximum Gasteiger partial charge on any atom is 0.191 e. The molecule has 0 bridgehead atoms. The van der Waals surface area contributed by atoms with Crippen molar-refractivity contribution < 1.29 is 13.2 Å². The summed E-state index contributed by atoms with van der Waals surface area (Å²) in [5, 5.41) is 7.14. The van der Waals surface area contributed by atoms with E-state index in [1.54, 1.807) is 0 Å². The van der Waals surface area contributed by atoms with Crippen LogP contribution in [-0.2, 0) is 14.6 Å². The fraction of sp³-hybridized carbons (Fsp3) is 0.944. The van der Waals surface area contributed by atoms with Crippen molar-refractivity contribution in [2.45, 2.75) is 64.1 Å². The molecule has 0 radical (unpaired) electrons. The molecule has 2 N–H and O–H groups in total. The zero-order chi connectivity index (χ0) is 17.7. The highest BCUT2D eigenvalue weighted by Crippen LogP contribution is 2.62. The van der Waals surface area contributed by atoms with Crippen LogP contribution < -0.4 is 10.6 Å². The SMILES string of the molecule is CC(C)NC(=NCC1CCS(=O)(=O)C1)NC1C2CCOC2C12CCC2.I. The van der Waals surface area contributed by atoms with Crippen molar-refractivity contribution in [1.82, 2.24) is 10.6 Å². The van der Waals surface area contributed by atoms with Gasteiger partial charge in [0.15, 0.2) is 15.8 Å². The first-order valence-corrected chi connectivity index (χ1v) is 11.6. The number of aliphatic imine (C=N–C) groups is 1. The smallest absolute Gasteiger partial charge is 0.191 e. The van der Waals surface area contributed by atoms with E-state index in [9.17, 15) is 8.42 Å². The quantitative estimate of drug-likeness (QED) is 0.353. The van der Waals surface area contributed by atoms with Crippen molar-refractivity contribution in [3.05, 3.63) is 0 Å². The van der Waals surface area contributed by atoms with Gasteiger partial charge in [-0.05, 0) is 45.4 Å². The van der Waals surface area contributed by atoms with Gasteiger partial charge in [-0.3, -0.25) is 4.99 Å². The molecule has 4 aliphatic rings. The van der Waals surface area contributed by atoms with Crippen LogP contribution in [0.25, 0.3) is 0 Å². The normalized spacial score (nSPS) is 36.8. The average molecular weight is 497 g/mol. The second kappa shape index (κ2) is 7.73. The molecule has 150 valence electrons. The largest absolute Gasteiger partial charge is 0.377 e. The second-order valence-corrected chi connectivity index (χ2v) is 10.9. The maximum atomic E-state index is 11.7. The lowest BCUT2D eigenvalue weighted by Crippen LogP contribution is -2.72. The number of nitrogens with zero attached hydrogens (tertiary/aromatic N) is 1. The second-order valence-electron chi connectivity index (χ2n) is 8.71. The average Bonchev–Trinajstić information content (AvgIpc) is 3.04. The lowest BCUT2D eigenvalue weighted by atomic mass is 9.46. The van der Waals surface area contributed by atoms with Crippen LogP contribution in [0.4, 0.5) is 0 Å². The number of fused-ring (bicyclic) bond motifs is 2. The van der Waals surface area contributed by atoms with Crippen molar-refractivity contribution in [3.8, 4) is 0 Å². The molecule has 0 aromatic rings. The van der Waals surface area contributed by atoms with E-state index in [2.05, 4.69) is 24.5 Å². The Morgan fingerprint density at radius 3 is 2.65 bits per heavy atom. The molecular weight excluding hydrogens is 465 g/mol. The Kier molecular flexibility index (Phi) is 6.14. The van der Waals surface area contributed by atoms with E-state index in [1.165, 1.54) is 19.3 Å². The molecule has 4 rings (SSSR count). The summed E-state index contributed by atoms with van der Waals surface area (Å²) >= 11 is 0. The summed E-state index contributed by atoms with van der Waals surface area (Å²) in [6.45, 7) is 5.70. The first-order chi connectivity index (χ1) is 11.9. The van der Waals surface area contributed by atoms with E-state index in [-0.39, 0.29) is 35.6 Å². The van der Waals surface area contributed by atoms with Gasteiger partial charge >= 0.3 is 0 Å². The summed E-state index contributed by atoms with van der Waals surface area (Å²) in [5.41, 5.74) is 0.317. The Morgan fingerprint density at radius 1 is 1.31 bits per heavy atom. The molecule has 6 nitrogen and oxygen atoms in total. The van der Waals surface area contributed by atoms with Gasteiger partial charge in [-0.15, -0.1) is 24.0 Å². The molecule has 4 atom stereocenters. The predicted molar refractivity (Wildman–Crippen MR) is 114 cm³/mol. The van der Waals surface area contributed by atoms with Gasteiger partial charge in [0, 0.05) is 36.6 Å². The lowest BCUT2D eigenvalue weighted by Gasteiger charge is -2.63. The summed E-state index contributed by atoms with van der Waals surface area (Å²) in [6, 6.07) is 0.748. The Labute approximate surface area is 174 Å². The van der Waals surface area contributed by atoms with E-state index in [1.807, 2.05) is 0 Å². The predicted octanol–water partition coefficient (Wildman–Crippen LogP) is 1.94. The summed E-state index contributed by atoms with van der Waals surface area (Å²) in [6.07, 6.45) is 6.13. The van der Waals surface area contributed by atoms with Crippen molar-refractivity contribution in [2.24, 2.45) is 22.2 Å². The van der Waals surface area contributed by atoms with E-state index >= 15 is 0 Å². The number of rotatable bonds is 4. The van der Waals surface area contributed by atoms with Crippen LogP contribution in [0, 0.1) is 17.3 Å². The van der Waals surface area contributed by atoms with Crippen LogP contribution in [0.2, 0.25) is 0 Å². The third kappa shape index (κ3) is 3.74. The number of nitrogens with one attached hydrogen (secondary N) is 2. The number of sulfone groups is 1. The van der Waals surface area contributed by atoms with Gasteiger partial charge in [-0.25, -0.2) is 8.42 Å². The van der Waals surface area contributed by atoms with E-state index in [0.717, 1.165) is 25.4 Å². The van der Waals surface area contributed by atoms with Crippen LogP contribution in [0.15, 0.2) is 4.99 Å². The fourth-order valence-corrected chi connectivity index (χ4v) is 7.10. The molecule has 0 aromatic heterocycles.